The summed E-state index contributed by atoms with van der Waals surface area (Å²) < 4.78 is 35.5. The fraction of sp³-hybridized carbons (Fsp3) is 0.982. The van der Waals surface area contributed by atoms with Crippen molar-refractivity contribution in [1.29, 1.82) is 0 Å². The minimum atomic E-state index is -4.55. The van der Waals surface area contributed by atoms with E-state index in [0.717, 1.165) is 19.3 Å². The number of phosphoric acid groups is 1. The molecule has 0 bridgehead atoms. The van der Waals surface area contributed by atoms with Gasteiger partial charge in [-0.2, -0.15) is 0 Å². The van der Waals surface area contributed by atoms with Gasteiger partial charge < -0.3 is 27.9 Å². The molecule has 0 amide bonds. The number of carbonyl (C=O) groups excluding carboxylic acids is 1. The van der Waals surface area contributed by atoms with E-state index in [0.29, 0.717) is 30.0 Å². The zero-order chi connectivity index (χ0) is 47.8. The number of nitrogens with zero attached hydrogens (tertiary/aromatic N) is 1. The molecular formula is C56H114NO7P. The van der Waals surface area contributed by atoms with Crippen molar-refractivity contribution < 1.29 is 37.3 Å². The van der Waals surface area contributed by atoms with Crippen LogP contribution < -0.4 is 4.89 Å². The van der Waals surface area contributed by atoms with Crippen LogP contribution in [0.15, 0.2) is 0 Å². The number of unbranched alkanes of at least 4 members (excludes halogenated alkanes) is 35. The number of hydrogen-bond acceptors (Lipinski definition) is 7. The maximum Gasteiger partial charge on any atom is 0.306 e. The Balaban J connectivity index is 4.92. The average molecular weight is 945 g/mol. The first-order chi connectivity index (χ1) is 31.5. The second-order valence-corrected chi connectivity index (χ2v) is 22.5. The van der Waals surface area contributed by atoms with Crippen LogP contribution in [-0.4, -0.2) is 70.7 Å². The van der Waals surface area contributed by atoms with E-state index in [-0.39, 0.29) is 25.8 Å². The number of rotatable bonds is 54. The molecule has 0 aromatic rings. The van der Waals surface area contributed by atoms with Crippen LogP contribution in [0.25, 0.3) is 0 Å². The molecule has 0 rings (SSSR count). The lowest BCUT2D eigenvalue weighted by atomic mass is 9.90. The monoisotopic (exact) mass is 944 g/mol. The largest absolute Gasteiger partial charge is 0.756 e. The summed E-state index contributed by atoms with van der Waals surface area (Å²) >= 11 is 0. The van der Waals surface area contributed by atoms with Gasteiger partial charge >= 0.3 is 5.97 Å². The van der Waals surface area contributed by atoms with Gasteiger partial charge in [0.15, 0.2) is 0 Å². The summed E-state index contributed by atoms with van der Waals surface area (Å²) in [6, 6.07) is 0. The van der Waals surface area contributed by atoms with Gasteiger partial charge in [-0.15, -0.1) is 0 Å². The third-order valence-electron chi connectivity index (χ3n) is 13.4. The van der Waals surface area contributed by atoms with Crippen molar-refractivity contribution in [2.24, 2.45) is 5.92 Å². The van der Waals surface area contributed by atoms with Crippen molar-refractivity contribution in [2.75, 3.05) is 54.1 Å². The van der Waals surface area contributed by atoms with Crippen LogP contribution in [0.4, 0.5) is 0 Å². The summed E-state index contributed by atoms with van der Waals surface area (Å²) in [5.41, 5.74) is 0. The molecule has 0 aliphatic carbocycles. The van der Waals surface area contributed by atoms with E-state index in [1.807, 2.05) is 21.1 Å². The molecule has 0 aromatic heterocycles. The highest BCUT2D eigenvalue weighted by Crippen LogP contribution is 2.38. The third kappa shape index (κ3) is 51.2. The van der Waals surface area contributed by atoms with Crippen molar-refractivity contribution in [2.45, 2.75) is 297 Å². The molecule has 9 heteroatoms. The zero-order valence-corrected chi connectivity index (χ0v) is 45.5. The van der Waals surface area contributed by atoms with E-state index >= 15 is 0 Å². The summed E-state index contributed by atoms with van der Waals surface area (Å²) in [6.45, 7) is 7.78. The Morgan fingerprint density at radius 3 is 1.14 bits per heavy atom. The summed E-state index contributed by atoms with van der Waals surface area (Å²) in [6.07, 6.45) is 53.2. The molecule has 0 aromatic carbocycles. The van der Waals surface area contributed by atoms with E-state index in [4.69, 9.17) is 18.5 Å². The van der Waals surface area contributed by atoms with Gasteiger partial charge in [-0.1, -0.05) is 271 Å². The molecule has 0 N–H and O–H groups in total. The first-order valence-electron chi connectivity index (χ1n) is 28.7. The second-order valence-electron chi connectivity index (χ2n) is 21.1. The van der Waals surface area contributed by atoms with Crippen molar-refractivity contribution >= 4 is 13.8 Å². The van der Waals surface area contributed by atoms with Crippen LogP contribution in [-0.2, 0) is 27.9 Å². The molecule has 0 saturated heterocycles. The van der Waals surface area contributed by atoms with Gasteiger partial charge in [-0.3, -0.25) is 9.36 Å². The second kappa shape index (κ2) is 48.5. The van der Waals surface area contributed by atoms with Crippen LogP contribution in [0, 0.1) is 5.92 Å². The number of hydrogen-bond donors (Lipinski definition) is 0. The predicted molar refractivity (Wildman–Crippen MR) is 278 cm³/mol. The smallest absolute Gasteiger partial charge is 0.306 e. The summed E-state index contributed by atoms with van der Waals surface area (Å²) in [5.74, 6) is 0.219. The van der Waals surface area contributed by atoms with E-state index in [1.165, 1.54) is 244 Å². The van der Waals surface area contributed by atoms with E-state index in [9.17, 15) is 14.3 Å². The lowest BCUT2D eigenvalue weighted by Gasteiger charge is -2.28. The number of carbonyl (C=O) groups is 1. The van der Waals surface area contributed by atoms with Crippen LogP contribution in [0.5, 0.6) is 0 Å². The molecule has 390 valence electrons. The van der Waals surface area contributed by atoms with Crippen molar-refractivity contribution in [3.8, 4) is 0 Å². The van der Waals surface area contributed by atoms with Crippen LogP contribution in [0.1, 0.15) is 290 Å². The molecule has 1 unspecified atom stereocenters. The van der Waals surface area contributed by atoms with Crippen LogP contribution in [0.3, 0.4) is 0 Å². The standard InChI is InChI=1S/C56H114NO7P/c1-7-10-13-16-19-22-25-28-29-32-35-38-41-44-50-61-52-55(53-63-65(59,60)62-51-49-57(4,5)6)64-56(58)48-47-54(45-42-39-36-33-30-26-23-20-17-14-11-8-2)46-43-40-37-34-31-27-24-21-18-15-12-9-3/h54-55H,7-53H2,1-6H3/t55-/m0/s1. The summed E-state index contributed by atoms with van der Waals surface area (Å²) in [5, 5.41) is 0. The van der Waals surface area contributed by atoms with Crippen LogP contribution >= 0.6 is 7.82 Å². The Morgan fingerprint density at radius 1 is 0.446 bits per heavy atom. The molecule has 0 fully saturated rings. The van der Waals surface area contributed by atoms with Gasteiger partial charge in [0.2, 0.25) is 0 Å². The quantitative estimate of drug-likeness (QED) is 0.0259. The highest BCUT2D eigenvalue weighted by molar-refractivity contribution is 7.45. The number of phosphoric ester groups is 1. The van der Waals surface area contributed by atoms with Gasteiger partial charge in [0, 0.05) is 13.0 Å². The SMILES string of the molecule is CCCCCCCCCCCCCCCCOC[C@@H](COP(=O)([O-])OCC[N+](C)(C)C)OC(=O)CCC(CCCCCCCCCCCCCC)CCCCCCCCCCCCCC. The molecule has 0 radical (unpaired) electrons. The summed E-state index contributed by atoms with van der Waals surface area (Å²) in [4.78, 5) is 26.0. The van der Waals surface area contributed by atoms with Crippen molar-refractivity contribution in [3.63, 3.8) is 0 Å². The number of quaternary nitrogens is 1. The van der Waals surface area contributed by atoms with E-state index < -0.39 is 13.9 Å². The molecule has 0 heterocycles. The molecule has 65 heavy (non-hydrogen) atoms. The van der Waals surface area contributed by atoms with Crippen LogP contribution in [0.2, 0.25) is 0 Å². The molecular weight excluding hydrogens is 830 g/mol. The number of likely N-dealkylation sites (N-methyl/N-ethyl adjacent to an activating group) is 1. The fourth-order valence-corrected chi connectivity index (χ4v) is 9.64. The predicted octanol–water partition coefficient (Wildman–Crippen LogP) is 17.2. The normalized spacial score (nSPS) is 13.5. The Bertz CT molecular complexity index is 995. The molecule has 0 aliphatic heterocycles. The van der Waals surface area contributed by atoms with Gasteiger partial charge in [-0.05, 0) is 18.8 Å². The highest BCUT2D eigenvalue weighted by atomic mass is 31.2. The Hall–Kier alpha value is -0.500. The molecule has 0 saturated carbocycles. The lowest BCUT2D eigenvalue weighted by molar-refractivity contribution is -0.870. The van der Waals surface area contributed by atoms with E-state index in [2.05, 4.69) is 20.8 Å². The molecule has 0 spiro atoms. The Kier molecular flexibility index (Phi) is 48.1. The Labute approximate surface area is 406 Å². The number of esters is 1. The molecule has 2 atom stereocenters. The molecule has 0 aliphatic rings. The third-order valence-corrected chi connectivity index (χ3v) is 14.3. The minimum absolute atomic E-state index is 0.0319. The van der Waals surface area contributed by atoms with Gasteiger partial charge in [0.25, 0.3) is 7.82 Å². The van der Waals surface area contributed by atoms with Gasteiger partial charge in [0.1, 0.15) is 19.3 Å². The van der Waals surface area contributed by atoms with Crippen molar-refractivity contribution in [1.82, 2.24) is 0 Å². The minimum Gasteiger partial charge on any atom is -0.756 e. The topological polar surface area (TPSA) is 94.1 Å². The van der Waals surface area contributed by atoms with E-state index in [1.54, 1.807) is 0 Å². The maximum atomic E-state index is 13.4. The first-order valence-corrected chi connectivity index (χ1v) is 30.2. The average Bonchev–Trinajstić information content (AvgIpc) is 3.27. The maximum absolute atomic E-state index is 13.4. The fourth-order valence-electron chi connectivity index (χ4n) is 8.92. The van der Waals surface area contributed by atoms with Gasteiger partial charge in [0.05, 0.1) is 34.4 Å². The lowest BCUT2D eigenvalue weighted by Crippen LogP contribution is -2.37. The number of ether oxygens (including phenoxy) is 2. The zero-order valence-electron chi connectivity index (χ0n) is 44.6. The van der Waals surface area contributed by atoms with Crippen molar-refractivity contribution in [3.05, 3.63) is 0 Å². The summed E-state index contributed by atoms with van der Waals surface area (Å²) in [7, 11) is 1.38. The first kappa shape index (κ1) is 64.5. The molecule has 8 nitrogen and oxygen atoms in total. The highest BCUT2D eigenvalue weighted by Gasteiger charge is 2.21. The van der Waals surface area contributed by atoms with Gasteiger partial charge in [-0.25, -0.2) is 0 Å². The Morgan fingerprint density at radius 2 is 0.785 bits per heavy atom.